The molecule has 0 bridgehead atoms. The minimum Gasteiger partial charge on any atom is -0.425 e. The second-order valence-corrected chi connectivity index (χ2v) is 14.0. The molecule has 6 atom stereocenters. The number of nitrogens with zero attached hydrogens (tertiary/aromatic N) is 6. The third kappa shape index (κ3) is 6.40. The summed E-state index contributed by atoms with van der Waals surface area (Å²) in [4.78, 5) is 19.0. The van der Waals surface area contributed by atoms with Crippen LogP contribution in [0.1, 0.15) is 85.1 Å². The fraction of sp³-hybridized carbons (Fsp3) is 0.611. The lowest BCUT2D eigenvalue weighted by molar-refractivity contribution is 0.0827. The Bertz CT molecular complexity index is 1460. The fourth-order valence-electron chi connectivity index (χ4n) is 8.39. The summed E-state index contributed by atoms with van der Waals surface area (Å²) in [6, 6.07) is 8.69. The molecule has 5 rings (SSSR count). The van der Waals surface area contributed by atoms with Crippen LogP contribution in [-0.2, 0) is 11.8 Å². The Labute approximate surface area is 269 Å². The average molecular weight is 614 g/mol. The second-order valence-electron chi connectivity index (χ2n) is 14.0. The predicted octanol–water partition coefficient (Wildman–Crippen LogP) is 5.29. The summed E-state index contributed by atoms with van der Waals surface area (Å²) in [6.07, 6.45) is 7.75. The van der Waals surface area contributed by atoms with Crippen molar-refractivity contribution in [2.75, 3.05) is 41.3 Å². The lowest BCUT2D eigenvalue weighted by atomic mass is 9.57. The Kier molecular flexibility index (Phi) is 9.74. The maximum absolute atomic E-state index is 13.1. The molecule has 2 fully saturated rings. The first kappa shape index (κ1) is 32.7. The lowest BCUT2D eigenvalue weighted by Crippen LogP contribution is -2.48. The van der Waals surface area contributed by atoms with E-state index in [0.717, 1.165) is 63.6 Å². The van der Waals surface area contributed by atoms with Crippen molar-refractivity contribution < 1.29 is 9.21 Å². The largest absolute Gasteiger partial charge is 0.425 e. The Morgan fingerprint density at radius 2 is 1.96 bits per heavy atom. The Morgan fingerprint density at radius 1 is 1.18 bits per heavy atom. The third-order valence-corrected chi connectivity index (χ3v) is 10.7. The summed E-state index contributed by atoms with van der Waals surface area (Å²) >= 11 is 0. The van der Waals surface area contributed by atoms with Crippen molar-refractivity contribution in [3.05, 3.63) is 71.2 Å². The van der Waals surface area contributed by atoms with Crippen LogP contribution in [0.3, 0.4) is 0 Å². The van der Waals surface area contributed by atoms with Crippen LogP contribution >= 0.6 is 0 Å². The van der Waals surface area contributed by atoms with E-state index < -0.39 is 5.41 Å². The second kappa shape index (κ2) is 13.4. The van der Waals surface area contributed by atoms with Gasteiger partial charge >= 0.3 is 0 Å². The number of rotatable bonds is 10. The number of allylic oxidation sites excluding steroid dienone is 1. The van der Waals surface area contributed by atoms with Crippen LogP contribution in [0.4, 0.5) is 0 Å². The highest BCUT2D eigenvalue weighted by Gasteiger charge is 2.54. The van der Waals surface area contributed by atoms with Gasteiger partial charge in [0.05, 0.1) is 11.5 Å². The minimum absolute atomic E-state index is 0.00665. The van der Waals surface area contributed by atoms with Gasteiger partial charge in [-0.3, -0.25) is 4.79 Å². The third-order valence-electron chi connectivity index (χ3n) is 10.7. The van der Waals surface area contributed by atoms with Gasteiger partial charge in [-0.2, -0.15) is 5.26 Å². The molecule has 2 aliphatic carbocycles. The van der Waals surface area contributed by atoms with E-state index in [2.05, 4.69) is 72.6 Å². The highest BCUT2D eigenvalue weighted by Crippen LogP contribution is 2.56. The first-order valence-corrected chi connectivity index (χ1v) is 16.5. The normalized spacial score (nSPS) is 26.6. The van der Waals surface area contributed by atoms with Crippen LogP contribution in [0.15, 0.2) is 47.2 Å². The lowest BCUT2D eigenvalue weighted by Gasteiger charge is -2.47. The maximum Gasteiger partial charge on any atom is 0.253 e. The molecule has 1 amide bonds. The number of nitrogens with one attached hydrogen (secondary N) is 1. The molecule has 45 heavy (non-hydrogen) atoms. The Morgan fingerprint density at radius 3 is 2.62 bits per heavy atom. The number of carbonyl (C=O) groups excluding carboxylic acids is 1. The van der Waals surface area contributed by atoms with Crippen molar-refractivity contribution in [3.63, 3.8) is 0 Å². The summed E-state index contributed by atoms with van der Waals surface area (Å²) in [5.41, 5.74) is 4.73. The van der Waals surface area contributed by atoms with Crippen molar-refractivity contribution in [2.45, 2.75) is 82.7 Å². The molecular formula is C36H51N7O2. The van der Waals surface area contributed by atoms with Gasteiger partial charge in [0.2, 0.25) is 11.8 Å². The SMILES string of the molecule is C=C(C1CCC2[C@@H](CCc3cc(C(=O)N(C)C)ccc3C2(C[C@@H](C)NCC(=C)N2CCCC2C#N)c2nnc(C)o2)C1)N(C)C. The zero-order valence-corrected chi connectivity index (χ0v) is 28.1. The molecule has 0 radical (unpaired) electrons. The van der Waals surface area contributed by atoms with Crippen molar-refractivity contribution in [1.29, 1.82) is 5.26 Å². The number of aromatic nitrogens is 2. The predicted molar refractivity (Wildman–Crippen MR) is 176 cm³/mol. The molecule has 1 aromatic heterocycles. The fourth-order valence-corrected chi connectivity index (χ4v) is 8.39. The molecule has 9 nitrogen and oxygen atoms in total. The van der Waals surface area contributed by atoms with Gasteiger partial charge in [-0.05, 0) is 99.3 Å². The average Bonchev–Trinajstić information content (AvgIpc) is 3.67. The van der Waals surface area contributed by atoms with E-state index in [-0.39, 0.29) is 23.9 Å². The van der Waals surface area contributed by atoms with Gasteiger partial charge in [-0.15, -0.1) is 10.2 Å². The van der Waals surface area contributed by atoms with E-state index in [1.54, 1.807) is 19.0 Å². The van der Waals surface area contributed by atoms with Crippen molar-refractivity contribution in [3.8, 4) is 6.07 Å². The summed E-state index contributed by atoms with van der Waals surface area (Å²) in [6.45, 7) is 14.4. The van der Waals surface area contributed by atoms with E-state index in [1.165, 1.54) is 16.8 Å². The molecule has 242 valence electrons. The van der Waals surface area contributed by atoms with Crippen LogP contribution in [-0.4, -0.2) is 84.2 Å². The molecule has 3 aliphatic rings. The van der Waals surface area contributed by atoms with Crippen LogP contribution in [0, 0.1) is 36.0 Å². The Hall–Kier alpha value is -3.64. The van der Waals surface area contributed by atoms with Gasteiger partial charge < -0.3 is 24.4 Å². The molecular weight excluding hydrogens is 562 g/mol. The molecule has 9 heteroatoms. The van der Waals surface area contributed by atoms with Crippen molar-refractivity contribution >= 4 is 5.91 Å². The zero-order valence-electron chi connectivity index (χ0n) is 28.1. The van der Waals surface area contributed by atoms with Gasteiger partial charge in [0.25, 0.3) is 5.91 Å². The smallest absolute Gasteiger partial charge is 0.253 e. The molecule has 4 unspecified atom stereocenters. The highest BCUT2D eigenvalue weighted by molar-refractivity contribution is 5.94. The van der Waals surface area contributed by atoms with Gasteiger partial charge in [-0.25, -0.2) is 0 Å². The highest BCUT2D eigenvalue weighted by atomic mass is 16.4. The standard InChI is InChI=1S/C36H51N7O2/c1-23(38-22-24(2)43-17-9-10-31(43)21-37)20-36(35-40-39-26(4)45-35)32-15-13-27(25(3)41(5)6)18-28(32)11-12-29-19-30(14-16-33(29)36)34(44)42(7)8/h14,16,19,23,27-28,31-32,38H,2-3,9-13,15,17-18,20,22H2,1,4-8H3/t23-,27?,28+,31?,32?,36?/m1/s1. The monoisotopic (exact) mass is 613 g/mol. The summed E-state index contributed by atoms with van der Waals surface area (Å²) < 4.78 is 6.44. The Balaban J connectivity index is 1.55. The summed E-state index contributed by atoms with van der Waals surface area (Å²) in [5.74, 6) is 2.39. The van der Waals surface area contributed by atoms with Gasteiger partial charge in [0.15, 0.2) is 0 Å². The van der Waals surface area contributed by atoms with Crippen LogP contribution in [0.5, 0.6) is 0 Å². The summed E-state index contributed by atoms with van der Waals surface area (Å²) in [5, 5.41) is 22.5. The number of hydrogen-bond acceptors (Lipinski definition) is 8. The quantitative estimate of drug-likeness (QED) is 0.386. The topological polar surface area (TPSA) is 102 Å². The van der Waals surface area contributed by atoms with E-state index in [9.17, 15) is 10.1 Å². The molecule has 0 spiro atoms. The number of carbonyl (C=O) groups is 1. The molecule has 1 saturated heterocycles. The molecule has 2 heterocycles. The van der Waals surface area contributed by atoms with Crippen LogP contribution in [0.2, 0.25) is 0 Å². The molecule has 1 aromatic carbocycles. The van der Waals surface area contributed by atoms with E-state index >= 15 is 0 Å². The number of hydrogen-bond donors (Lipinski definition) is 1. The first-order valence-electron chi connectivity index (χ1n) is 16.5. The van der Waals surface area contributed by atoms with Crippen LogP contribution in [0.25, 0.3) is 0 Å². The van der Waals surface area contributed by atoms with E-state index in [4.69, 9.17) is 9.52 Å². The van der Waals surface area contributed by atoms with Crippen molar-refractivity contribution in [2.24, 2.45) is 17.8 Å². The summed E-state index contributed by atoms with van der Waals surface area (Å²) in [7, 11) is 7.78. The number of amides is 1. The van der Waals surface area contributed by atoms with E-state index in [0.29, 0.717) is 35.7 Å². The van der Waals surface area contributed by atoms with E-state index in [1.807, 2.05) is 13.0 Å². The molecule has 2 aromatic rings. The number of nitriles is 1. The maximum atomic E-state index is 13.1. The van der Waals surface area contributed by atoms with Gasteiger partial charge in [-0.1, -0.05) is 19.2 Å². The molecule has 1 N–H and O–H groups in total. The number of fused-ring (bicyclic) bond motifs is 2. The molecule has 1 saturated carbocycles. The van der Waals surface area contributed by atoms with Crippen molar-refractivity contribution in [1.82, 2.24) is 30.2 Å². The van der Waals surface area contributed by atoms with Crippen LogP contribution < -0.4 is 5.32 Å². The van der Waals surface area contributed by atoms with Gasteiger partial charge in [0, 0.05) is 71.2 Å². The molecule has 1 aliphatic heterocycles. The van der Waals surface area contributed by atoms with Gasteiger partial charge in [0.1, 0.15) is 6.04 Å². The number of likely N-dealkylation sites (tertiary alicyclic amines) is 1. The number of aryl methyl sites for hydroxylation is 2. The minimum atomic E-state index is -0.529. The zero-order chi connectivity index (χ0) is 32.5. The number of benzene rings is 1. The first-order chi connectivity index (χ1) is 21.5.